The van der Waals surface area contributed by atoms with Crippen LogP contribution in [0.2, 0.25) is 5.02 Å². The molecule has 1 atom stereocenters. The molecule has 20 heavy (non-hydrogen) atoms. The second-order valence-corrected chi connectivity index (χ2v) is 5.07. The molecule has 3 aromatic rings. The number of halogens is 1. The molecule has 1 aromatic heterocycles. The van der Waals surface area contributed by atoms with E-state index in [1.54, 1.807) is 24.4 Å². The number of pyridine rings is 1. The third-order valence-corrected chi connectivity index (χ3v) is 3.51. The number of rotatable bonds is 2. The minimum atomic E-state index is -0.815. The highest BCUT2D eigenvalue weighted by atomic mass is 35.5. The van der Waals surface area contributed by atoms with Gasteiger partial charge in [0, 0.05) is 33.4 Å². The smallest absolute Gasteiger partial charge is 0.108 e. The summed E-state index contributed by atoms with van der Waals surface area (Å²) in [5, 5.41) is 12.0. The fourth-order valence-corrected chi connectivity index (χ4v) is 2.39. The summed E-state index contributed by atoms with van der Waals surface area (Å²) in [6, 6.07) is 14.8. The van der Waals surface area contributed by atoms with Crippen molar-refractivity contribution in [1.29, 1.82) is 0 Å². The summed E-state index contributed by atoms with van der Waals surface area (Å²) in [6.45, 7) is 0. The molecule has 2 aromatic carbocycles. The van der Waals surface area contributed by atoms with Crippen molar-refractivity contribution < 1.29 is 5.11 Å². The summed E-state index contributed by atoms with van der Waals surface area (Å²) in [4.78, 5) is 4.35. The number of nitrogen functional groups attached to an aromatic ring is 1. The Labute approximate surface area is 121 Å². The second-order valence-electron chi connectivity index (χ2n) is 4.64. The van der Waals surface area contributed by atoms with Gasteiger partial charge in [0.2, 0.25) is 0 Å². The molecule has 0 saturated heterocycles. The van der Waals surface area contributed by atoms with Gasteiger partial charge in [-0.15, -0.1) is 0 Å². The predicted octanol–water partition coefficient (Wildman–Crippen LogP) is 3.55. The van der Waals surface area contributed by atoms with Gasteiger partial charge in [-0.1, -0.05) is 35.9 Å². The first-order valence-electron chi connectivity index (χ1n) is 6.23. The van der Waals surface area contributed by atoms with Gasteiger partial charge in [0.1, 0.15) is 6.10 Å². The standard InChI is InChI=1S/C16H13ClN2O/c17-12-5-6-13(14(18)8-12)16(20)11-7-10-3-1-2-4-15(10)19-9-11/h1-9,16,20H,18H2. The molecular formula is C16H13ClN2O. The Bertz CT molecular complexity index is 773. The average Bonchev–Trinajstić information content (AvgIpc) is 2.46. The minimum absolute atomic E-state index is 0.471. The van der Waals surface area contributed by atoms with E-state index in [1.807, 2.05) is 30.3 Å². The number of aromatic nitrogens is 1. The topological polar surface area (TPSA) is 59.1 Å². The van der Waals surface area contributed by atoms with E-state index in [0.29, 0.717) is 21.8 Å². The van der Waals surface area contributed by atoms with E-state index in [0.717, 1.165) is 10.9 Å². The van der Waals surface area contributed by atoms with Crippen molar-refractivity contribution in [3.63, 3.8) is 0 Å². The maximum absolute atomic E-state index is 10.5. The van der Waals surface area contributed by atoms with Crippen molar-refractivity contribution in [3.8, 4) is 0 Å². The monoisotopic (exact) mass is 284 g/mol. The van der Waals surface area contributed by atoms with E-state index in [2.05, 4.69) is 4.98 Å². The van der Waals surface area contributed by atoms with Crippen LogP contribution >= 0.6 is 11.6 Å². The Morgan fingerprint density at radius 2 is 1.90 bits per heavy atom. The zero-order valence-electron chi connectivity index (χ0n) is 10.6. The second kappa shape index (κ2) is 5.12. The lowest BCUT2D eigenvalue weighted by Gasteiger charge is -2.14. The predicted molar refractivity (Wildman–Crippen MR) is 81.7 cm³/mol. The van der Waals surface area contributed by atoms with Crippen molar-refractivity contribution >= 4 is 28.2 Å². The Hall–Kier alpha value is -2.10. The van der Waals surface area contributed by atoms with Gasteiger partial charge in [0.25, 0.3) is 0 Å². The van der Waals surface area contributed by atoms with Gasteiger partial charge < -0.3 is 10.8 Å². The number of aliphatic hydroxyl groups excluding tert-OH is 1. The van der Waals surface area contributed by atoms with Crippen LogP contribution in [0.25, 0.3) is 10.9 Å². The molecule has 3 nitrogen and oxygen atoms in total. The lowest BCUT2D eigenvalue weighted by Crippen LogP contribution is -2.04. The Balaban J connectivity index is 2.05. The molecule has 0 fully saturated rings. The number of anilines is 1. The molecule has 3 N–H and O–H groups in total. The van der Waals surface area contributed by atoms with Gasteiger partial charge in [-0.2, -0.15) is 0 Å². The van der Waals surface area contributed by atoms with Crippen LogP contribution in [-0.4, -0.2) is 10.1 Å². The molecule has 0 amide bonds. The summed E-state index contributed by atoms with van der Waals surface area (Å²) >= 11 is 5.87. The fraction of sp³-hybridized carbons (Fsp3) is 0.0625. The Morgan fingerprint density at radius 1 is 1.10 bits per heavy atom. The number of nitrogens with two attached hydrogens (primary N) is 1. The molecular weight excluding hydrogens is 272 g/mol. The van der Waals surface area contributed by atoms with Gasteiger partial charge in [0.15, 0.2) is 0 Å². The molecule has 0 aliphatic rings. The Kier molecular flexibility index (Phi) is 3.30. The van der Waals surface area contributed by atoms with Crippen LogP contribution in [0.1, 0.15) is 17.2 Å². The zero-order chi connectivity index (χ0) is 14.1. The van der Waals surface area contributed by atoms with Gasteiger partial charge in [-0.05, 0) is 24.3 Å². The van der Waals surface area contributed by atoms with Crippen molar-refractivity contribution in [2.75, 3.05) is 5.73 Å². The van der Waals surface area contributed by atoms with Gasteiger partial charge in [0.05, 0.1) is 5.52 Å². The quantitative estimate of drug-likeness (QED) is 0.708. The maximum Gasteiger partial charge on any atom is 0.108 e. The Morgan fingerprint density at radius 3 is 2.70 bits per heavy atom. The van der Waals surface area contributed by atoms with Crippen molar-refractivity contribution in [3.05, 3.63) is 70.9 Å². The van der Waals surface area contributed by atoms with Gasteiger partial charge >= 0.3 is 0 Å². The summed E-state index contributed by atoms with van der Waals surface area (Å²) < 4.78 is 0. The molecule has 0 saturated carbocycles. The van der Waals surface area contributed by atoms with E-state index in [1.165, 1.54) is 0 Å². The number of para-hydroxylation sites is 1. The largest absolute Gasteiger partial charge is 0.398 e. The van der Waals surface area contributed by atoms with Crippen LogP contribution in [0.3, 0.4) is 0 Å². The lowest BCUT2D eigenvalue weighted by molar-refractivity contribution is 0.221. The third kappa shape index (κ3) is 2.33. The van der Waals surface area contributed by atoms with E-state index in [-0.39, 0.29) is 0 Å². The highest BCUT2D eigenvalue weighted by Gasteiger charge is 2.14. The first kappa shape index (κ1) is 12.9. The molecule has 100 valence electrons. The number of benzene rings is 2. The highest BCUT2D eigenvalue weighted by molar-refractivity contribution is 6.30. The van der Waals surface area contributed by atoms with E-state index in [4.69, 9.17) is 17.3 Å². The van der Waals surface area contributed by atoms with Crippen molar-refractivity contribution in [2.24, 2.45) is 0 Å². The molecule has 0 aliphatic carbocycles. The van der Waals surface area contributed by atoms with E-state index < -0.39 is 6.10 Å². The summed E-state index contributed by atoms with van der Waals surface area (Å²) in [6.07, 6.45) is 0.852. The number of hydrogen-bond donors (Lipinski definition) is 2. The van der Waals surface area contributed by atoms with Gasteiger partial charge in [-0.3, -0.25) is 4.98 Å². The minimum Gasteiger partial charge on any atom is -0.398 e. The van der Waals surface area contributed by atoms with Crippen LogP contribution in [0.15, 0.2) is 54.7 Å². The first-order chi connectivity index (χ1) is 9.65. The molecule has 0 radical (unpaired) electrons. The summed E-state index contributed by atoms with van der Waals surface area (Å²) in [7, 11) is 0. The van der Waals surface area contributed by atoms with Gasteiger partial charge in [-0.25, -0.2) is 0 Å². The SMILES string of the molecule is Nc1cc(Cl)ccc1C(O)c1cnc2ccccc2c1. The lowest BCUT2D eigenvalue weighted by atomic mass is 10.0. The van der Waals surface area contributed by atoms with E-state index >= 15 is 0 Å². The highest BCUT2D eigenvalue weighted by Crippen LogP contribution is 2.29. The first-order valence-corrected chi connectivity index (χ1v) is 6.60. The number of fused-ring (bicyclic) bond motifs is 1. The van der Waals surface area contributed by atoms with Crippen LogP contribution in [0.5, 0.6) is 0 Å². The fourth-order valence-electron chi connectivity index (χ4n) is 2.21. The normalized spacial score (nSPS) is 12.5. The van der Waals surface area contributed by atoms with Crippen molar-refractivity contribution in [1.82, 2.24) is 4.98 Å². The zero-order valence-corrected chi connectivity index (χ0v) is 11.4. The van der Waals surface area contributed by atoms with Crippen LogP contribution in [-0.2, 0) is 0 Å². The van der Waals surface area contributed by atoms with Crippen molar-refractivity contribution in [2.45, 2.75) is 6.10 Å². The number of aliphatic hydroxyl groups is 1. The number of hydrogen-bond acceptors (Lipinski definition) is 3. The van der Waals surface area contributed by atoms with Crippen LogP contribution < -0.4 is 5.73 Å². The molecule has 3 rings (SSSR count). The molecule has 1 heterocycles. The summed E-state index contributed by atoms with van der Waals surface area (Å²) in [5.74, 6) is 0. The molecule has 0 bridgehead atoms. The maximum atomic E-state index is 10.5. The molecule has 0 aliphatic heterocycles. The summed E-state index contributed by atoms with van der Waals surface area (Å²) in [5.41, 5.74) is 8.61. The van der Waals surface area contributed by atoms with E-state index in [9.17, 15) is 5.11 Å². The van der Waals surface area contributed by atoms with Crippen LogP contribution in [0.4, 0.5) is 5.69 Å². The average molecular weight is 285 g/mol. The number of nitrogens with zero attached hydrogens (tertiary/aromatic N) is 1. The third-order valence-electron chi connectivity index (χ3n) is 3.27. The molecule has 4 heteroatoms. The molecule has 0 spiro atoms. The molecule has 1 unspecified atom stereocenters. The van der Waals surface area contributed by atoms with Crippen LogP contribution in [0, 0.1) is 0 Å².